The molecule has 0 aliphatic carbocycles. The lowest BCUT2D eigenvalue weighted by Gasteiger charge is -2.41. The van der Waals surface area contributed by atoms with Crippen molar-refractivity contribution in [3.05, 3.63) is 35.4 Å². The lowest BCUT2D eigenvalue weighted by Crippen LogP contribution is -2.50. The van der Waals surface area contributed by atoms with Crippen molar-refractivity contribution in [3.8, 4) is 0 Å². The van der Waals surface area contributed by atoms with Crippen LogP contribution < -0.4 is 0 Å². The van der Waals surface area contributed by atoms with Crippen LogP contribution in [0.25, 0.3) is 0 Å². The van der Waals surface area contributed by atoms with Gasteiger partial charge in [-0.15, -0.1) is 0 Å². The molecule has 4 nitrogen and oxygen atoms in total. The molecule has 2 aliphatic rings. The van der Waals surface area contributed by atoms with E-state index in [9.17, 15) is 9.90 Å². The van der Waals surface area contributed by atoms with Crippen LogP contribution in [0, 0.1) is 5.92 Å². The zero-order chi connectivity index (χ0) is 16.4. The van der Waals surface area contributed by atoms with E-state index in [1.54, 1.807) is 0 Å². The van der Waals surface area contributed by atoms with Gasteiger partial charge in [-0.1, -0.05) is 38.1 Å². The lowest BCUT2D eigenvalue weighted by atomic mass is 9.95. The van der Waals surface area contributed by atoms with Gasteiger partial charge < -0.3 is 10.0 Å². The van der Waals surface area contributed by atoms with Crippen LogP contribution in [0.5, 0.6) is 0 Å². The van der Waals surface area contributed by atoms with Crippen molar-refractivity contribution >= 4 is 5.91 Å². The molecule has 1 atom stereocenters. The zero-order valence-electron chi connectivity index (χ0n) is 14.2. The third-order valence-corrected chi connectivity index (χ3v) is 5.34. The van der Waals surface area contributed by atoms with Gasteiger partial charge in [-0.05, 0) is 36.3 Å². The summed E-state index contributed by atoms with van der Waals surface area (Å²) in [5.74, 6) is -0.110. The summed E-state index contributed by atoms with van der Waals surface area (Å²) in [6, 6.07) is 9.28. The molecule has 0 bridgehead atoms. The van der Waals surface area contributed by atoms with E-state index in [1.165, 1.54) is 11.1 Å². The Balaban J connectivity index is 1.55. The second-order valence-corrected chi connectivity index (χ2v) is 7.23. The van der Waals surface area contributed by atoms with Gasteiger partial charge in [-0.25, -0.2) is 0 Å². The minimum absolute atomic E-state index is 0.0150. The summed E-state index contributed by atoms with van der Waals surface area (Å²) in [6.07, 6.45) is 2.30. The number of carbonyl (C=O) groups is 1. The Bertz CT molecular complexity index is 550. The standard InChI is InChI=1S/C19H28N2O2/c1-14(2)18(22)19(23)20-11-8-17(9-12-20)21-10-7-15-5-3-4-6-16(15)13-21/h3-6,14,17-18,22H,7-13H2,1-2H3/t18-/m1/s1. The first-order valence-corrected chi connectivity index (χ1v) is 8.84. The summed E-state index contributed by atoms with van der Waals surface area (Å²) >= 11 is 0. The predicted octanol–water partition coefficient (Wildman–Crippen LogP) is 2.05. The molecular formula is C19H28N2O2. The maximum absolute atomic E-state index is 12.2. The summed E-state index contributed by atoms with van der Waals surface area (Å²) in [5, 5.41) is 9.97. The summed E-state index contributed by atoms with van der Waals surface area (Å²) in [5.41, 5.74) is 2.93. The van der Waals surface area contributed by atoms with E-state index in [4.69, 9.17) is 0 Å². The second kappa shape index (κ2) is 7.02. The van der Waals surface area contributed by atoms with Crippen LogP contribution in [0.3, 0.4) is 0 Å². The number of nitrogens with zero attached hydrogens (tertiary/aromatic N) is 2. The molecule has 2 heterocycles. The van der Waals surface area contributed by atoms with E-state index in [1.807, 2.05) is 18.7 Å². The highest BCUT2D eigenvalue weighted by Crippen LogP contribution is 2.25. The Morgan fingerprint density at radius 1 is 1.13 bits per heavy atom. The molecule has 1 aromatic rings. The van der Waals surface area contributed by atoms with Crippen LogP contribution >= 0.6 is 0 Å². The topological polar surface area (TPSA) is 43.8 Å². The van der Waals surface area contributed by atoms with Crippen LogP contribution in [0.2, 0.25) is 0 Å². The number of aliphatic hydroxyl groups excluding tert-OH is 1. The fraction of sp³-hybridized carbons (Fsp3) is 0.632. The summed E-state index contributed by atoms with van der Waals surface area (Å²) < 4.78 is 0. The number of aliphatic hydroxyl groups is 1. The van der Waals surface area contributed by atoms with Gasteiger partial charge in [0.05, 0.1) is 0 Å². The molecule has 0 aromatic heterocycles. The first kappa shape index (κ1) is 16.5. The minimum atomic E-state index is -0.853. The van der Waals surface area contributed by atoms with Gasteiger partial charge in [0.1, 0.15) is 6.10 Å². The molecule has 0 spiro atoms. The highest BCUT2D eigenvalue weighted by Gasteiger charge is 2.31. The molecule has 2 aliphatic heterocycles. The summed E-state index contributed by atoms with van der Waals surface area (Å²) in [7, 11) is 0. The molecule has 1 aromatic carbocycles. The van der Waals surface area contributed by atoms with Gasteiger partial charge >= 0.3 is 0 Å². The Hall–Kier alpha value is -1.39. The van der Waals surface area contributed by atoms with Gasteiger partial charge in [-0.2, -0.15) is 0 Å². The molecule has 1 saturated heterocycles. The molecular weight excluding hydrogens is 288 g/mol. The van der Waals surface area contributed by atoms with Crippen molar-refractivity contribution in [3.63, 3.8) is 0 Å². The van der Waals surface area contributed by atoms with E-state index in [2.05, 4.69) is 29.2 Å². The van der Waals surface area contributed by atoms with Crippen molar-refractivity contribution in [2.75, 3.05) is 19.6 Å². The summed E-state index contributed by atoms with van der Waals surface area (Å²) in [4.78, 5) is 16.7. The normalized spacial score (nSPS) is 21.3. The Morgan fingerprint density at radius 3 is 2.43 bits per heavy atom. The first-order chi connectivity index (χ1) is 11.1. The van der Waals surface area contributed by atoms with Crippen molar-refractivity contribution in [2.24, 2.45) is 5.92 Å². The first-order valence-electron chi connectivity index (χ1n) is 8.84. The molecule has 0 saturated carbocycles. The Morgan fingerprint density at radius 2 is 1.78 bits per heavy atom. The van der Waals surface area contributed by atoms with Crippen molar-refractivity contribution < 1.29 is 9.90 Å². The number of likely N-dealkylation sites (tertiary alicyclic amines) is 1. The SMILES string of the molecule is CC(C)[C@@H](O)C(=O)N1CCC(N2CCc3ccccc3C2)CC1. The van der Waals surface area contributed by atoms with Crippen molar-refractivity contribution in [2.45, 2.75) is 51.8 Å². The Labute approximate surface area is 139 Å². The monoisotopic (exact) mass is 316 g/mol. The fourth-order valence-electron chi connectivity index (χ4n) is 3.75. The molecule has 1 amide bonds. The summed E-state index contributed by atoms with van der Waals surface area (Å²) in [6.45, 7) is 7.46. The molecule has 1 fully saturated rings. The Kier molecular flexibility index (Phi) is 5.02. The van der Waals surface area contributed by atoms with Gasteiger partial charge in [-0.3, -0.25) is 9.69 Å². The highest BCUT2D eigenvalue weighted by atomic mass is 16.3. The molecule has 1 N–H and O–H groups in total. The lowest BCUT2D eigenvalue weighted by molar-refractivity contribution is -0.144. The van der Waals surface area contributed by atoms with Gasteiger partial charge in [0.25, 0.3) is 5.91 Å². The quantitative estimate of drug-likeness (QED) is 0.928. The van der Waals surface area contributed by atoms with Crippen LogP contribution in [-0.4, -0.2) is 52.6 Å². The highest BCUT2D eigenvalue weighted by molar-refractivity contribution is 5.81. The van der Waals surface area contributed by atoms with Crippen LogP contribution in [0.1, 0.15) is 37.8 Å². The molecule has 3 rings (SSSR count). The maximum atomic E-state index is 12.2. The number of carbonyl (C=O) groups excluding carboxylic acids is 1. The number of hydrogen-bond donors (Lipinski definition) is 1. The number of fused-ring (bicyclic) bond motifs is 1. The van der Waals surface area contributed by atoms with Crippen LogP contribution in [0.4, 0.5) is 0 Å². The molecule has 4 heteroatoms. The maximum Gasteiger partial charge on any atom is 0.251 e. The predicted molar refractivity (Wildman–Crippen MR) is 91.0 cm³/mol. The third kappa shape index (κ3) is 3.59. The number of benzene rings is 1. The molecule has 0 radical (unpaired) electrons. The molecule has 126 valence electrons. The zero-order valence-corrected chi connectivity index (χ0v) is 14.2. The smallest absolute Gasteiger partial charge is 0.251 e. The second-order valence-electron chi connectivity index (χ2n) is 7.23. The van der Waals surface area contributed by atoms with Gasteiger partial charge in [0.2, 0.25) is 0 Å². The number of piperidine rings is 1. The number of hydrogen-bond acceptors (Lipinski definition) is 3. The average molecular weight is 316 g/mol. The van der Waals surface area contributed by atoms with Gasteiger partial charge in [0, 0.05) is 32.2 Å². The number of rotatable bonds is 3. The van der Waals surface area contributed by atoms with Crippen LogP contribution in [0.15, 0.2) is 24.3 Å². The largest absolute Gasteiger partial charge is 0.383 e. The molecule has 23 heavy (non-hydrogen) atoms. The van der Waals surface area contributed by atoms with Gasteiger partial charge in [0.15, 0.2) is 0 Å². The minimum Gasteiger partial charge on any atom is -0.383 e. The van der Waals surface area contributed by atoms with Crippen LogP contribution in [-0.2, 0) is 17.8 Å². The average Bonchev–Trinajstić information content (AvgIpc) is 2.60. The molecule has 0 unspecified atom stereocenters. The van der Waals surface area contributed by atoms with E-state index in [-0.39, 0.29) is 11.8 Å². The fourth-order valence-corrected chi connectivity index (χ4v) is 3.75. The van der Waals surface area contributed by atoms with E-state index in [0.717, 1.165) is 45.4 Å². The number of amides is 1. The van der Waals surface area contributed by atoms with E-state index in [0.29, 0.717) is 6.04 Å². The van der Waals surface area contributed by atoms with E-state index >= 15 is 0 Å². The van der Waals surface area contributed by atoms with E-state index < -0.39 is 6.10 Å². The third-order valence-electron chi connectivity index (χ3n) is 5.34. The van der Waals surface area contributed by atoms with Crippen molar-refractivity contribution in [1.82, 2.24) is 9.80 Å². The van der Waals surface area contributed by atoms with Crippen molar-refractivity contribution in [1.29, 1.82) is 0 Å².